The van der Waals surface area contributed by atoms with E-state index >= 15 is 0 Å². The van der Waals surface area contributed by atoms with Gasteiger partial charge in [0, 0.05) is 13.1 Å². The summed E-state index contributed by atoms with van der Waals surface area (Å²) in [6, 6.07) is 5.05. The highest BCUT2D eigenvalue weighted by Gasteiger charge is 2.26. The lowest BCUT2D eigenvalue weighted by molar-refractivity contribution is 0.404. The van der Waals surface area contributed by atoms with Crippen molar-refractivity contribution in [1.29, 1.82) is 0 Å². The molecule has 0 fully saturated rings. The van der Waals surface area contributed by atoms with E-state index in [2.05, 4.69) is 5.32 Å². The Balaban J connectivity index is 2.20. The highest BCUT2D eigenvalue weighted by Crippen LogP contribution is 2.24. The zero-order valence-electron chi connectivity index (χ0n) is 12.4. The molecule has 0 unspecified atom stereocenters. The third-order valence-corrected chi connectivity index (χ3v) is 5.03. The summed E-state index contributed by atoms with van der Waals surface area (Å²) in [6.45, 7) is 5.12. The van der Waals surface area contributed by atoms with E-state index in [1.165, 1.54) is 17.6 Å². The monoisotopic (exact) mass is 312 g/mol. The first-order chi connectivity index (χ1) is 9.95. The summed E-state index contributed by atoms with van der Waals surface area (Å²) in [5, 5.41) is 3.10. The van der Waals surface area contributed by atoms with Crippen LogP contribution in [0, 0.1) is 6.92 Å². The fourth-order valence-electron chi connectivity index (χ4n) is 1.99. The predicted molar refractivity (Wildman–Crippen MR) is 78.2 cm³/mol. The third kappa shape index (κ3) is 3.55. The lowest BCUT2D eigenvalue weighted by Crippen LogP contribution is -2.26. The Bertz CT molecular complexity index is 674. The van der Waals surface area contributed by atoms with Gasteiger partial charge in [-0.3, -0.25) is 0 Å². The molecule has 0 saturated heterocycles. The minimum atomic E-state index is -3.60. The summed E-state index contributed by atoms with van der Waals surface area (Å²) in [7, 11) is -2.08. The molecule has 2 rings (SSSR count). The normalized spacial score (nSPS) is 12.2. The van der Waals surface area contributed by atoms with Crippen molar-refractivity contribution in [3.8, 4) is 0 Å². The number of aryl methyl sites for hydroxylation is 1. The Labute approximate surface area is 124 Å². The lowest BCUT2D eigenvalue weighted by Gasteiger charge is -2.14. The molecule has 0 aromatic carbocycles. The van der Waals surface area contributed by atoms with Crippen molar-refractivity contribution in [2.75, 3.05) is 13.6 Å². The molecule has 0 aliphatic rings. The minimum Gasteiger partial charge on any atom is -0.468 e. The number of hydrogen-bond donors (Lipinski definition) is 1. The van der Waals surface area contributed by atoms with Gasteiger partial charge in [0.1, 0.15) is 22.2 Å². The minimum absolute atomic E-state index is 0.183. The fourth-order valence-corrected chi connectivity index (χ4v) is 3.31. The Kier molecular flexibility index (Phi) is 4.87. The maximum Gasteiger partial charge on any atom is 0.246 e. The van der Waals surface area contributed by atoms with Crippen LogP contribution in [0.15, 0.2) is 38.2 Å². The van der Waals surface area contributed by atoms with E-state index in [9.17, 15) is 8.42 Å². The maximum absolute atomic E-state index is 12.6. The van der Waals surface area contributed by atoms with Gasteiger partial charge in [-0.1, -0.05) is 6.92 Å². The van der Waals surface area contributed by atoms with Gasteiger partial charge in [-0.25, -0.2) is 8.42 Å². The second-order valence-corrected chi connectivity index (χ2v) is 6.77. The van der Waals surface area contributed by atoms with Crippen LogP contribution in [0.5, 0.6) is 0 Å². The van der Waals surface area contributed by atoms with Crippen molar-refractivity contribution in [3.63, 3.8) is 0 Å². The van der Waals surface area contributed by atoms with E-state index in [0.29, 0.717) is 23.8 Å². The molecule has 1 N–H and O–H groups in total. The van der Waals surface area contributed by atoms with Crippen molar-refractivity contribution in [2.24, 2.45) is 0 Å². The highest BCUT2D eigenvalue weighted by atomic mass is 32.2. The first kappa shape index (κ1) is 15.8. The second-order valence-electron chi connectivity index (χ2n) is 4.75. The van der Waals surface area contributed by atoms with Crippen LogP contribution in [0.25, 0.3) is 0 Å². The van der Waals surface area contributed by atoms with E-state index < -0.39 is 10.0 Å². The Morgan fingerprint density at radius 3 is 2.71 bits per heavy atom. The van der Waals surface area contributed by atoms with Crippen molar-refractivity contribution in [2.45, 2.75) is 31.8 Å². The Morgan fingerprint density at radius 2 is 2.10 bits per heavy atom. The van der Waals surface area contributed by atoms with E-state index in [4.69, 9.17) is 8.83 Å². The third-order valence-electron chi connectivity index (χ3n) is 3.12. The molecule has 0 saturated carbocycles. The second kappa shape index (κ2) is 6.46. The molecule has 0 aliphatic carbocycles. The molecule has 2 aromatic rings. The maximum atomic E-state index is 12.6. The Hall–Kier alpha value is -1.57. The molecular formula is C14H20N2O4S. The summed E-state index contributed by atoms with van der Waals surface area (Å²) >= 11 is 0. The standard InChI is InChI=1S/C14H20N2O4S/c1-4-15-9-13-8-14(11(2)20-13)21(17,18)16(3)10-12-6-5-7-19-12/h5-8,15H,4,9-10H2,1-3H3. The van der Waals surface area contributed by atoms with Crippen LogP contribution in [0.2, 0.25) is 0 Å². The zero-order valence-corrected chi connectivity index (χ0v) is 13.2. The smallest absolute Gasteiger partial charge is 0.246 e. The van der Waals surface area contributed by atoms with Crippen LogP contribution in [0.4, 0.5) is 0 Å². The van der Waals surface area contributed by atoms with Gasteiger partial charge < -0.3 is 14.2 Å². The van der Waals surface area contributed by atoms with Gasteiger partial charge in [0.25, 0.3) is 0 Å². The first-order valence-corrected chi connectivity index (χ1v) is 8.18. The number of rotatable bonds is 7. The first-order valence-electron chi connectivity index (χ1n) is 6.74. The average Bonchev–Trinajstić information content (AvgIpc) is 3.06. The number of hydrogen-bond acceptors (Lipinski definition) is 5. The summed E-state index contributed by atoms with van der Waals surface area (Å²) in [5.74, 6) is 1.60. The average molecular weight is 312 g/mol. The van der Waals surface area contributed by atoms with Crippen LogP contribution in [-0.4, -0.2) is 26.3 Å². The zero-order chi connectivity index (χ0) is 15.5. The largest absolute Gasteiger partial charge is 0.468 e. The van der Waals surface area contributed by atoms with Crippen LogP contribution in [-0.2, 0) is 23.1 Å². The van der Waals surface area contributed by atoms with E-state index in [1.807, 2.05) is 6.92 Å². The molecule has 0 aliphatic heterocycles. The van der Waals surface area contributed by atoms with Crippen molar-refractivity contribution >= 4 is 10.0 Å². The SMILES string of the molecule is CCNCc1cc(S(=O)(=O)N(C)Cc2ccco2)c(C)o1. The molecule has 0 amide bonds. The highest BCUT2D eigenvalue weighted by molar-refractivity contribution is 7.89. The molecule has 0 bridgehead atoms. The molecule has 0 spiro atoms. The number of sulfonamides is 1. The van der Waals surface area contributed by atoms with E-state index in [1.54, 1.807) is 25.1 Å². The molecule has 0 atom stereocenters. The molecule has 116 valence electrons. The van der Waals surface area contributed by atoms with E-state index in [-0.39, 0.29) is 11.4 Å². The number of furan rings is 2. The Morgan fingerprint density at radius 1 is 1.33 bits per heavy atom. The summed E-state index contributed by atoms with van der Waals surface area (Å²) < 4.78 is 37.1. The van der Waals surface area contributed by atoms with Gasteiger partial charge in [-0.2, -0.15) is 4.31 Å². The molecular weight excluding hydrogens is 292 g/mol. The number of nitrogens with zero attached hydrogens (tertiary/aromatic N) is 1. The van der Waals surface area contributed by atoms with Crippen molar-refractivity contribution in [3.05, 3.63) is 41.7 Å². The topological polar surface area (TPSA) is 75.7 Å². The van der Waals surface area contributed by atoms with Gasteiger partial charge in [-0.15, -0.1) is 0 Å². The molecule has 7 heteroatoms. The van der Waals surface area contributed by atoms with Crippen LogP contribution in [0.3, 0.4) is 0 Å². The molecule has 2 heterocycles. The van der Waals surface area contributed by atoms with Gasteiger partial charge in [0.2, 0.25) is 10.0 Å². The van der Waals surface area contributed by atoms with Crippen LogP contribution >= 0.6 is 0 Å². The van der Waals surface area contributed by atoms with Crippen LogP contribution in [0.1, 0.15) is 24.2 Å². The quantitative estimate of drug-likeness (QED) is 0.847. The lowest BCUT2D eigenvalue weighted by atomic mass is 10.4. The summed E-state index contributed by atoms with van der Waals surface area (Å²) in [5.41, 5.74) is 0. The molecule has 21 heavy (non-hydrogen) atoms. The summed E-state index contributed by atoms with van der Waals surface area (Å²) in [4.78, 5) is 0.199. The fraction of sp³-hybridized carbons (Fsp3) is 0.429. The van der Waals surface area contributed by atoms with E-state index in [0.717, 1.165) is 6.54 Å². The van der Waals surface area contributed by atoms with Crippen molar-refractivity contribution < 1.29 is 17.3 Å². The number of nitrogens with one attached hydrogen (secondary N) is 1. The molecule has 6 nitrogen and oxygen atoms in total. The summed E-state index contributed by atoms with van der Waals surface area (Å²) in [6.07, 6.45) is 1.52. The predicted octanol–water partition coefficient (Wildman–Crippen LogP) is 2.11. The molecule has 2 aromatic heterocycles. The van der Waals surface area contributed by atoms with Crippen molar-refractivity contribution in [1.82, 2.24) is 9.62 Å². The van der Waals surface area contributed by atoms with Gasteiger partial charge in [0.15, 0.2) is 0 Å². The molecule has 0 radical (unpaired) electrons. The van der Waals surface area contributed by atoms with Gasteiger partial charge in [0.05, 0.1) is 19.4 Å². The van der Waals surface area contributed by atoms with Gasteiger partial charge in [-0.05, 0) is 25.6 Å². The van der Waals surface area contributed by atoms with Gasteiger partial charge >= 0.3 is 0 Å². The van der Waals surface area contributed by atoms with Crippen LogP contribution < -0.4 is 5.32 Å².